The van der Waals surface area contributed by atoms with E-state index >= 15 is 0 Å². The highest BCUT2D eigenvalue weighted by Crippen LogP contribution is 2.32. The number of likely N-dealkylation sites (N-methyl/N-ethyl adjacent to an activating group) is 1. The van der Waals surface area contributed by atoms with E-state index in [0.717, 1.165) is 12.2 Å². The Hall–Kier alpha value is -0.910. The third-order valence-corrected chi connectivity index (χ3v) is 4.19. The Labute approximate surface area is 112 Å². The molecule has 1 fully saturated rings. The van der Waals surface area contributed by atoms with E-state index < -0.39 is 23.2 Å². The van der Waals surface area contributed by atoms with E-state index in [1.165, 1.54) is 11.9 Å². The molecular formula is C12H21NO4S. The molecule has 18 heavy (non-hydrogen) atoms. The van der Waals surface area contributed by atoms with Crippen LogP contribution in [0.15, 0.2) is 0 Å². The van der Waals surface area contributed by atoms with E-state index in [0.29, 0.717) is 12.2 Å². The molecule has 0 aromatic rings. The van der Waals surface area contributed by atoms with Crippen LogP contribution in [-0.2, 0) is 9.53 Å². The van der Waals surface area contributed by atoms with Gasteiger partial charge in [0, 0.05) is 12.8 Å². The van der Waals surface area contributed by atoms with Crippen LogP contribution in [0.4, 0.5) is 4.79 Å². The lowest BCUT2D eigenvalue weighted by molar-refractivity contribution is -0.149. The summed E-state index contributed by atoms with van der Waals surface area (Å²) < 4.78 is 5.24. The second-order valence-electron chi connectivity index (χ2n) is 5.53. The number of amides is 1. The molecule has 0 spiro atoms. The molecule has 0 aromatic carbocycles. The molecule has 6 heteroatoms. The van der Waals surface area contributed by atoms with Gasteiger partial charge in [0.05, 0.1) is 0 Å². The molecule has 1 unspecified atom stereocenters. The van der Waals surface area contributed by atoms with Gasteiger partial charge in [0.2, 0.25) is 0 Å². The summed E-state index contributed by atoms with van der Waals surface area (Å²) in [5.41, 5.74) is -1.75. The Morgan fingerprint density at radius 1 is 1.39 bits per heavy atom. The molecule has 1 rings (SSSR count). The molecule has 1 saturated heterocycles. The van der Waals surface area contributed by atoms with E-state index in [1.54, 1.807) is 32.5 Å². The Morgan fingerprint density at radius 2 is 2.00 bits per heavy atom. The fourth-order valence-corrected chi connectivity index (χ4v) is 3.15. The number of rotatable bonds is 2. The zero-order valence-corrected chi connectivity index (χ0v) is 12.2. The van der Waals surface area contributed by atoms with Gasteiger partial charge in [-0.1, -0.05) is 0 Å². The minimum atomic E-state index is -1.13. The zero-order valence-electron chi connectivity index (χ0n) is 11.4. The third kappa shape index (κ3) is 3.31. The molecule has 104 valence electrons. The molecule has 0 aliphatic carbocycles. The van der Waals surface area contributed by atoms with Crippen molar-refractivity contribution >= 4 is 23.8 Å². The fraction of sp³-hybridized carbons (Fsp3) is 0.833. The van der Waals surface area contributed by atoms with Crippen molar-refractivity contribution in [2.45, 2.75) is 44.8 Å². The highest BCUT2D eigenvalue weighted by Gasteiger charge is 2.47. The van der Waals surface area contributed by atoms with Crippen LogP contribution in [0.5, 0.6) is 0 Å². The summed E-state index contributed by atoms with van der Waals surface area (Å²) in [6, 6.07) is 0. The number of carboxylic acids is 1. The topological polar surface area (TPSA) is 66.8 Å². The number of carboxylic acid groups (broad SMARTS) is 1. The highest BCUT2D eigenvalue weighted by atomic mass is 32.2. The average Bonchev–Trinajstić information content (AvgIpc) is 2.26. The Bertz CT molecular complexity index is 331. The molecule has 0 radical (unpaired) electrons. The van der Waals surface area contributed by atoms with E-state index in [-0.39, 0.29) is 0 Å². The van der Waals surface area contributed by atoms with Gasteiger partial charge >= 0.3 is 12.1 Å². The van der Waals surface area contributed by atoms with E-state index in [1.807, 2.05) is 0 Å². The lowest BCUT2D eigenvalue weighted by Crippen LogP contribution is -2.59. The molecule has 0 bridgehead atoms. The molecule has 1 N–H and O–H groups in total. The summed E-state index contributed by atoms with van der Waals surface area (Å²) in [7, 11) is 1.51. The summed E-state index contributed by atoms with van der Waals surface area (Å²) >= 11 is 1.56. The van der Waals surface area contributed by atoms with Gasteiger partial charge in [0.1, 0.15) is 5.60 Å². The first-order valence-electron chi connectivity index (χ1n) is 5.97. The Kier molecular flexibility index (Phi) is 4.53. The number of nitrogens with zero attached hydrogens (tertiary/aromatic N) is 1. The smallest absolute Gasteiger partial charge is 0.411 e. The van der Waals surface area contributed by atoms with Crippen LogP contribution in [0.2, 0.25) is 0 Å². The minimum absolute atomic E-state index is 0.415. The van der Waals surface area contributed by atoms with Crippen molar-refractivity contribution in [1.29, 1.82) is 0 Å². The Morgan fingerprint density at radius 3 is 2.39 bits per heavy atom. The van der Waals surface area contributed by atoms with Crippen LogP contribution in [0.25, 0.3) is 0 Å². The number of hydrogen-bond acceptors (Lipinski definition) is 4. The van der Waals surface area contributed by atoms with E-state index in [2.05, 4.69) is 0 Å². The molecule has 1 heterocycles. The number of aliphatic carboxylic acids is 1. The van der Waals surface area contributed by atoms with Crippen molar-refractivity contribution in [1.82, 2.24) is 4.90 Å². The third-order valence-electron chi connectivity index (χ3n) is 2.93. The zero-order chi connectivity index (χ0) is 14.0. The first-order valence-corrected chi connectivity index (χ1v) is 7.12. The first-order chi connectivity index (χ1) is 8.19. The summed E-state index contributed by atoms with van der Waals surface area (Å²) in [6.07, 6.45) is 0.697. The van der Waals surface area contributed by atoms with Crippen molar-refractivity contribution in [3.63, 3.8) is 0 Å². The molecule has 1 aliphatic heterocycles. The van der Waals surface area contributed by atoms with Crippen LogP contribution in [0.3, 0.4) is 0 Å². The molecule has 0 aromatic heterocycles. The van der Waals surface area contributed by atoms with Crippen LogP contribution in [-0.4, -0.2) is 51.8 Å². The lowest BCUT2D eigenvalue weighted by Gasteiger charge is -2.40. The monoisotopic (exact) mass is 275 g/mol. The largest absolute Gasteiger partial charge is 0.479 e. The van der Waals surface area contributed by atoms with E-state index in [9.17, 15) is 14.7 Å². The van der Waals surface area contributed by atoms with Gasteiger partial charge in [0.15, 0.2) is 5.54 Å². The predicted molar refractivity (Wildman–Crippen MR) is 70.9 cm³/mol. The van der Waals surface area contributed by atoms with Crippen LogP contribution in [0.1, 0.15) is 33.6 Å². The van der Waals surface area contributed by atoms with Crippen molar-refractivity contribution in [3.05, 3.63) is 0 Å². The molecule has 1 aliphatic rings. The van der Waals surface area contributed by atoms with Crippen LogP contribution in [0, 0.1) is 0 Å². The Balaban J connectivity index is 2.86. The number of carbonyl (C=O) groups excluding carboxylic acids is 1. The number of ether oxygens (including phenoxy) is 1. The van der Waals surface area contributed by atoms with Gasteiger partial charge in [-0.2, -0.15) is 11.8 Å². The number of carbonyl (C=O) groups is 2. The van der Waals surface area contributed by atoms with Gasteiger partial charge in [-0.3, -0.25) is 4.90 Å². The van der Waals surface area contributed by atoms with Crippen molar-refractivity contribution in [3.8, 4) is 0 Å². The minimum Gasteiger partial charge on any atom is -0.479 e. The molecule has 5 nitrogen and oxygen atoms in total. The second-order valence-corrected chi connectivity index (χ2v) is 6.64. The quantitative estimate of drug-likeness (QED) is 0.837. The van der Waals surface area contributed by atoms with Gasteiger partial charge in [-0.25, -0.2) is 9.59 Å². The van der Waals surface area contributed by atoms with Gasteiger partial charge in [-0.15, -0.1) is 0 Å². The standard InChI is InChI=1S/C12H21NO4S/c1-11(2,3)17-10(16)13(4)12(9(14)15)6-5-7-18-8-12/h5-8H2,1-4H3,(H,14,15). The SMILES string of the molecule is CN(C(=O)OC(C)(C)C)C1(C(=O)O)CCCSC1. The average molecular weight is 275 g/mol. The van der Waals surface area contributed by atoms with Gasteiger partial charge in [-0.05, 0) is 39.4 Å². The van der Waals surface area contributed by atoms with Gasteiger partial charge in [0.25, 0.3) is 0 Å². The maximum atomic E-state index is 12.0. The summed E-state index contributed by atoms with van der Waals surface area (Å²) in [5, 5.41) is 9.44. The molecule has 1 atom stereocenters. The van der Waals surface area contributed by atoms with Crippen molar-refractivity contribution in [2.75, 3.05) is 18.6 Å². The first kappa shape index (κ1) is 15.1. The maximum absolute atomic E-state index is 12.0. The van der Waals surface area contributed by atoms with E-state index in [4.69, 9.17) is 4.74 Å². The predicted octanol–water partition coefficient (Wildman–Crippen LogP) is 2.20. The highest BCUT2D eigenvalue weighted by molar-refractivity contribution is 7.99. The number of thioether (sulfide) groups is 1. The molecule has 0 saturated carbocycles. The maximum Gasteiger partial charge on any atom is 0.411 e. The summed E-state index contributed by atoms with van der Waals surface area (Å²) in [6.45, 7) is 5.30. The van der Waals surface area contributed by atoms with Gasteiger partial charge < -0.3 is 9.84 Å². The number of hydrogen-bond donors (Lipinski definition) is 1. The van der Waals surface area contributed by atoms with Crippen LogP contribution < -0.4 is 0 Å². The van der Waals surface area contributed by atoms with Crippen molar-refractivity contribution < 1.29 is 19.4 Å². The molecule has 1 amide bonds. The van der Waals surface area contributed by atoms with Crippen LogP contribution >= 0.6 is 11.8 Å². The molecular weight excluding hydrogens is 254 g/mol. The normalized spacial score (nSPS) is 24.4. The second kappa shape index (κ2) is 5.38. The van der Waals surface area contributed by atoms with Crippen molar-refractivity contribution in [2.24, 2.45) is 0 Å². The summed E-state index contributed by atoms with van der Waals surface area (Å²) in [4.78, 5) is 24.8. The summed E-state index contributed by atoms with van der Waals surface area (Å²) in [5.74, 6) is 0.401. The fourth-order valence-electron chi connectivity index (χ4n) is 1.86. The lowest BCUT2D eigenvalue weighted by atomic mass is 9.94.